The number of nitrogens with one attached hydrogen (secondary N) is 2. The summed E-state index contributed by atoms with van der Waals surface area (Å²) in [5.74, 6) is -0.797. The van der Waals surface area contributed by atoms with Crippen molar-refractivity contribution in [2.75, 3.05) is 10.6 Å². The van der Waals surface area contributed by atoms with Crippen molar-refractivity contribution in [2.24, 2.45) is 11.8 Å². The fourth-order valence-corrected chi connectivity index (χ4v) is 2.67. The standard InChI is InChI=1S/C18H17ClN2O2/c1-11-15(19)8-5-9-16(11)21-18(23)14-10-13(14)17(22)20-12-6-3-2-4-7-12/h2-9,13-14H,10H2,1H3,(H,20,22)(H,21,23). The summed E-state index contributed by atoms with van der Waals surface area (Å²) in [6.07, 6.45) is 0.574. The van der Waals surface area contributed by atoms with Gasteiger partial charge < -0.3 is 10.6 Å². The lowest BCUT2D eigenvalue weighted by molar-refractivity contribution is -0.122. The van der Waals surface area contributed by atoms with Gasteiger partial charge in [0, 0.05) is 16.4 Å². The first-order chi connectivity index (χ1) is 11.1. The number of hydrogen-bond acceptors (Lipinski definition) is 2. The zero-order valence-electron chi connectivity index (χ0n) is 12.7. The number of amides is 2. The van der Waals surface area contributed by atoms with E-state index >= 15 is 0 Å². The van der Waals surface area contributed by atoms with Gasteiger partial charge in [-0.05, 0) is 43.2 Å². The monoisotopic (exact) mass is 328 g/mol. The highest BCUT2D eigenvalue weighted by Crippen LogP contribution is 2.40. The van der Waals surface area contributed by atoms with E-state index in [2.05, 4.69) is 10.6 Å². The van der Waals surface area contributed by atoms with Crippen LogP contribution in [0.1, 0.15) is 12.0 Å². The first-order valence-corrected chi connectivity index (χ1v) is 7.86. The third-order valence-corrected chi connectivity index (χ3v) is 4.44. The molecule has 0 heterocycles. The molecule has 4 nitrogen and oxygen atoms in total. The number of carbonyl (C=O) groups excluding carboxylic acids is 2. The van der Waals surface area contributed by atoms with Gasteiger partial charge in [0.15, 0.2) is 0 Å². The molecule has 1 saturated carbocycles. The molecule has 2 aromatic rings. The summed E-state index contributed by atoms with van der Waals surface area (Å²) >= 11 is 6.05. The van der Waals surface area contributed by atoms with Crippen molar-refractivity contribution in [1.82, 2.24) is 0 Å². The first-order valence-electron chi connectivity index (χ1n) is 7.48. The van der Waals surface area contributed by atoms with Crippen molar-refractivity contribution >= 4 is 34.8 Å². The zero-order chi connectivity index (χ0) is 16.4. The van der Waals surface area contributed by atoms with Gasteiger partial charge in [-0.25, -0.2) is 0 Å². The molecule has 0 aromatic heterocycles. The maximum atomic E-state index is 12.3. The molecule has 2 aromatic carbocycles. The van der Waals surface area contributed by atoms with Crippen molar-refractivity contribution < 1.29 is 9.59 Å². The molecule has 0 saturated heterocycles. The highest BCUT2D eigenvalue weighted by Gasteiger charge is 2.48. The van der Waals surface area contributed by atoms with Crippen LogP contribution in [-0.4, -0.2) is 11.8 Å². The SMILES string of the molecule is Cc1c(Cl)cccc1NC(=O)C1CC1C(=O)Nc1ccccc1. The molecule has 0 aliphatic heterocycles. The maximum absolute atomic E-state index is 12.3. The van der Waals surface area contributed by atoms with E-state index in [4.69, 9.17) is 11.6 Å². The summed E-state index contributed by atoms with van der Waals surface area (Å²) in [5, 5.41) is 6.30. The summed E-state index contributed by atoms with van der Waals surface area (Å²) < 4.78 is 0. The maximum Gasteiger partial charge on any atom is 0.228 e. The van der Waals surface area contributed by atoms with E-state index in [1.165, 1.54) is 0 Å². The van der Waals surface area contributed by atoms with Crippen LogP contribution in [0.5, 0.6) is 0 Å². The van der Waals surface area contributed by atoms with Crippen molar-refractivity contribution in [2.45, 2.75) is 13.3 Å². The second-order valence-corrected chi connectivity index (χ2v) is 6.11. The molecule has 3 rings (SSSR count). The first kappa shape index (κ1) is 15.6. The number of rotatable bonds is 4. The van der Waals surface area contributed by atoms with Crippen LogP contribution in [0, 0.1) is 18.8 Å². The van der Waals surface area contributed by atoms with E-state index < -0.39 is 0 Å². The lowest BCUT2D eigenvalue weighted by Crippen LogP contribution is -2.20. The summed E-state index contributed by atoms with van der Waals surface area (Å²) in [7, 11) is 0. The Hall–Kier alpha value is -2.33. The fraction of sp³-hybridized carbons (Fsp3) is 0.222. The average Bonchev–Trinajstić information content (AvgIpc) is 3.33. The van der Waals surface area contributed by atoms with E-state index in [-0.39, 0.29) is 23.7 Å². The average molecular weight is 329 g/mol. The Balaban J connectivity index is 1.58. The molecule has 0 radical (unpaired) electrons. The summed E-state index contributed by atoms with van der Waals surface area (Å²) in [6.45, 7) is 1.85. The lowest BCUT2D eigenvalue weighted by atomic mass is 10.2. The number of para-hydroxylation sites is 1. The molecular weight excluding hydrogens is 312 g/mol. The van der Waals surface area contributed by atoms with E-state index in [0.717, 1.165) is 11.3 Å². The molecule has 2 atom stereocenters. The van der Waals surface area contributed by atoms with Crippen molar-refractivity contribution in [1.29, 1.82) is 0 Å². The molecule has 0 spiro atoms. The van der Waals surface area contributed by atoms with E-state index in [9.17, 15) is 9.59 Å². The minimum absolute atomic E-state index is 0.112. The molecule has 23 heavy (non-hydrogen) atoms. The van der Waals surface area contributed by atoms with Gasteiger partial charge in [0.05, 0.1) is 11.8 Å². The van der Waals surface area contributed by atoms with Crippen LogP contribution in [-0.2, 0) is 9.59 Å². The van der Waals surface area contributed by atoms with Crippen LogP contribution in [0.25, 0.3) is 0 Å². The lowest BCUT2D eigenvalue weighted by Gasteiger charge is -2.09. The molecular formula is C18H17ClN2O2. The fourth-order valence-electron chi connectivity index (χ4n) is 2.50. The Bertz CT molecular complexity index is 746. The quantitative estimate of drug-likeness (QED) is 0.895. The molecule has 1 aliphatic carbocycles. The van der Waals surface area contributed by atoms with Crippen LogP contribution in [0.4, 0.5) is 11.4 Å². The van der Waals surface area contributed by atoms with Crippen molar-refractivity contribution in [3.63, 3.8) is 0 Å². The van der Waals surface area contributed by atoms with Crippen LogP contribution >= 0.6 is 11.6 Å². The highest BCUT2D eigenvalue weighted by atomic mass is 35.5. The van der Waals surface area contributed by atoms with E-state index in [1.807, 2.05) is 37.3 Å². The molecule has 1 aliphatic rings. The van der Waals surface area contributed by atoms with Gasteiger partial charge in [-0.3, -0.25) is 9.59 Å². The third kappa shape index (κ3) is 3.54. The zero-order valence-corrected chi connectivity index (χ0v) is 13.4. The Kier molecular flexibility index (Phi) is 4.35. The van der Waals surface area contributed by atoms with Gasteiger partial charge >= 0.3 is 0 Å². The summed E-state index contributed by atoms with van der Waals surface area (Å²) in [6, 6.07) is 14.6. The Morgan fingerprint density at radius 2 is 1.61 bits per heavy atom. The van der Waals surface area contributed by atoms with Gasteiger partial charge in [0.2, 0.25) is 11.8 Å². The Morgan fingerprint density at radius 3 is 2.30 bits per heavy atom. The van der Waals surface area contributed by atoms with Gasteiger partial charge in [0.1, 0.15) is 0 Å². The molecule has 5 heteroatoms. The normalized spacial score (nSPS) is 19.0. The van der Waals surface area contributed by atoms with Gasteiger partial charge in [-0.1, -0.05) is 35.9 Å². The molecule has 1 fully saturated rings. The third-order valence-electron chi connectivity index (χ3n) is 4.03. The largest absolute Gasteiger partial charge is 0.326 e. The predicted molar refractivity (Wildman–Crippen MR) is 91.5 cm³/mol. The summed E-state index contributed by atoms with van der Waals surface area (Å²) in [4.78, 5) is 24.4. The Morgan fingerprint density at radius 1 is 0.957 bits per heavy atom. The minimum Gasteiger partial charge on any atom is -0.326 e. The second kappa shape index (κ2) is 6.42. The predicted octanol–water partition coefficient (Wildman–Crippen LogP) is 3.86. The van der Waals surface area contributed by atoms with Gasteiger partial charge in [0.25, 0.3) is 0 Å². The Labute approximate surface area is 139 Å². The number of benzene rings is 2. The van der Waals surface area contributed by atoms with Crippen LogP contribution in [0.2, 0.25) is 5.02 Å². The number of anilines is 2. The van der Waals surface area contributed by atoms with Crippen molar-refractivity contribution in [3.05, 3.63) is 59.1 Å². The number of hydrogen-bond donors (Lipinski definition) is 2. The highest BCUT2D eigenvalue weighted by molar-refractivity contribution is 6.31. The van der Waals surface area contributed by atoms with Crippen molar-refractivity contribution in [3.8, 4) is 0 Å². The topological polar surface area (TPSA) is 58.2 Å². The summed E-state index contributed by atoms with van der Waals surface area (Å²) in [5.41, 5.74) is 2.26. The van der Waals surface area contributed by atoms with E-state index in [0.29, 0.717) is 17.1 Å². The number of halogens is 1. The van der Waals surface area contributed by atoms with E-state index in [1.54, 1.807) is 18.2 Å². The number of carbonyl (C=O) groups is 2. The molecule has 2 N–H and O–H groups in total. The smallest absolute Gasteiger partial charge is 0.228 e. The van der Waals surface area contributed by atoms with Gasteiger partial charge in [-0.2, -0.15) is 0 Å². The molecule has 2 unspecified atom stereocenters. The molecule has 2 amide bonds. The molecule has 0 bridgehead atoms. The second-order valence-electron chi connectivity index (χ2n) is 5.71. The minimum atomic E-state index is -0.280. The van der Waals surface area contributed by atoms with Crippen LogP contribution < -0.4 is 10.6 Å². The molecule has 118 valence electrons. The van der Waals surface area contributed by atoms with Crippen LogP contribution in [0.3, 0.4) is 0 Å². The van der Waals surface area contributed by atoms with Gasteiger partial charge in [-0.15, -0.1) is 0 Å². The van der Waals surface area contributed by atoms with Crippen LogP contribution in [0.15, 0.2) is 48.5 Å².